The molecule has 4 nitrogen and oxygen atoms in total. The first-order valence-corrected chi connectivity index (χ1v) is 5.99. The Labute approximate surface area is 90.6 Å². The topological polar surface area (TPSA) is 52.6 Å². The maximum atomic E-state index is 11.1. The van der Waals surface area contributed by atoms with Crippen LogP contribution in [0, 0.1) is 5.92 Å². The zero-order valence-electron chi connectivity index (χ0n) is 9.11. The van der Waals surface area contributed by atoms with Crippen LogP contribution in [-0.2, 0) is 0 Å². The van der Waals surface area contributed by atoms with E-state index in [9.17, 15) is 4.79 Å². The molecule has 1 heterocycles. The van der Waals surface area contributed by atoms with Crippen LogP contribution in [0.2, 0.25) is 0 Å². The lowest BCUT2D eigenvalue weighted by Gasteiger charge is -2.40. The van der Waals surface area contributed by atoms with E-state index in [1.165, 1.54) is 32.1 Å². The summed E-state index contributed by atoms with van der Waals surface area (Å²) in [6.07, 6.45) is 5.53. The monoisotopic (exact) mass is 212 g/mol. The molecule has 2 aliphatic rings. The second-order valence-corrected chi connectivity index (χ2v) is 4.65. The summed E-state index contributed by atoms with van der Waals surface area (Å²) in [6, 6.07) is 0.219. The predicted molar refractivity (Wildman–Crippen MR) is 58.0 cm³/mol. The fourth-order valence-corrected chi connectivity index (χ4v) is 2.90. The molecule has 0 aromatic carbocycles. The summed E-state index contributed by atoms with van der Waals surface area (Å²) in [5, 5.41) is 12.4. The van der Waals surface area contributed by atoms with E-state index < -0.39 is 6.09 Å². The maximum absolute atomic E-state index is 11.1. The van der Waals surface area contributed by atoms with Crippen LogP contribution in [-0.4, -0.2) is 41.8 Å². The van der Waals surface area contributed by atoms with Crippen molar-refractivity contribution in [3.8, 4) is 0 Å². The Kier molecular flexibility index (Phi) is 3.46. The molecule has 1 aliphatic carbocycles. The Balaban J connectivity index is 1.99. The van der Waals surface area contributed by atoms with Gasteiger partial charge in [0.05, 0.1) is 6.04 Å². The Morgan fingerprint density at radius 1 is 1.27 bits per heavy atom. The van der Waals surface area contributed by atoms with E-state index in [0.29, 0.717) is 12.5 Å². The number of hydrogen-bond acceptors (Lipinski definition) is 2. The molecule has 2 N–H and O–H groups in total. The van der Waals surface area contributed by atoms with Gasteiger partial charge in [0.25, 0.3) is 0 Å². The van der Waals surface area contributed by atoms with E-state index in [-0.39, 0.29) is 6.04 Å². The van der Waals surface area contributed by atoms with Crippen LogP contribution >= 0.6 is 0 Å². The fourth-order valence-electron chi connectivity index (χ4n) is 2.90. The van der Waals surface area contributed by atoms with Crippen LogP contribution < -0.4 is 5.32 Å². The van der Waals surface area contributed by atoms with Gasteiger partial charge in [0.15, 0.2) is 0 Å². The first-order valence-electron chi connectivity index (χ1n) is 5.99. The molecule has 0 bridgehead atoms. The highest BCUT2D eigenvalue weighted by Crippen LogP contribution is 2.29. The molecule has 4 heteroatoms. The molecular formula is C11H20N2O2. The Morgan fingerprint density at radius 3 is 2.67 bits per heavy atom. The Morgan fingerprint density at radius 2 is 2.00 bits per heavy atom. The van der Waals surface area contributed by atoms with E-state index >= 15 is 0 Å². The lowest BCUT2D eigenvalue weighted by atomic mass is 9.82. The van der Waals surface area contributed by atoms with Crippen LogP contribution in [0.15, 0.2) is 0 Å². The largest absolute Gasteiger partial charge is 0.465 e. The van der Waals surface area contributed by atoms with Gasteiger partial charge in [-0.1, -0.05) is 19.3 Å². The van der Waals surface area contributed by atoms with Crippen LogP contribution in [0.1, 0.15) is 32.1 Å². The van der Waals surface area contributed by atoms with Crippen molar-refractivity contribution < 1.29 is 9.90 Å². The molecule has 1 atom stereocenters. The van der Waals surface area contributed by atoms with Crippen molar-refractivity contribution in [2.75, 3.05) is 19.6 Å². The highest BCUT2D eigenvalue weighted by molar-refractivity contribution is 5.65. The smallest absolute Gasteiger partial charge is 0.407 e. The minimum atomic E-state index is -0.743. The molecule has 1 amide bonds. The van der Waals surface area contributed by atoms with Crippen LogP contribution in [0.3, 0.4) is 0 Å². The standard InChI is InChI=1S/C11H20N2O2/c14-11(15)13-7-6-12-8-10(13)9-4-2-1-3-5-9/h9-10,12H,1-8H2,(H,14,15). The van der Waals surface area contributed by atoms with Crippen LogP contribution in [0.4, 0.5) is 4.79 Å². The number of carbonyl (C=O) groups is 1. The summed E-state index contributed by atoms with van der Waals surface area (Å²) in [5.41, 5.74) is 0. The fraction of sp³-hybridized carbons (Fsp3) is 0.909. The molecule has 86 valence electrons. The van der Waals surface area contributed by atoms with Crippen molar-refractivity contribution in [1.82, 2.24) is 10.2 Å². The molecule has 0 aromatic heterocycles. The van der Waals surface area contributed by atoms with Crippen molar-refractivity contribution >= 4 is 6.09 Å². The van der Waals surface area contributed by atoms with E-state index in [1.54, 1.807) is 4.90 Å². The van der Waals surface area contributed by atoms with Gasteiger partial charge in [-0.3, -0.25) is 0 Å². The van der Waals surface area contributed by atoms with Crippen molar-refractivity contribution in [2.24, 2.45) is 5.92 Å². The number of hydrogen-bond donors (Lipinski definition) is 2. The van der Waals surface area contributed by atoms with Crippen molar-refractivity contribution in [3.05, 3.63) is 0 Å². The van der Waals surface area contributed by atoms with Gasteiger partial charge in [-0.05, 0) is 18.8 Å². The highest BCUT2D eigenvalue weighted by atomic mass is 16.4. The van der Waals surface area contributed by atoms with Gasteiger partial charge in [0.2, 0.25) is 0 Å². The number of amides is 1. The Hall–Kier alpha value is -0.770. The molecule has 0 aromatic rings. The molecule has 2 rings (SSSR count). The van der Waals surface area contributed by atoms with Gasteiger partial charge in [-0.2, -0.15) is 0 Å². The molecule has 1 unspecified atom stereocenters. The summed E-state index contributed by atoms with van der Waals surface area (Å²) in [4.78, 5) is 12.8. The molecule has 1 saturated carbocycles. The van der Waals surface area contributed by atoms with E-state index in [4.69, 9.17) is 5.11 Å². The third-order valence-corrected chi connectivity index (χ3v) is 3.72. The van der Waals surface area contributed by atoms with Crippen LogP contribution in [0.25, 0.3) is 0 Å². The maximum Gasteiger partial charge on any atom is 0.407 e. The van der Waals surface area contributed by atoms with Crippen molar-refractivity contribution in [1.29, 1.82) is 0 Å². The zero-order chi connectivity index (χ0) is 10.7. The third kappa shape index (κ3) is 2.43. The van der Waals surface area contributed by atoms with Gasteiger partial charge in [0.1, 0.15) is 0 Å². The number of nitrogens with zero attached hydrogens (tertiary/aromatic N) is 1. The first kappa shape index (κ1) is 10.7. The molecular weight excluding hydrogens is 192 g/mol. The summed E-state index contributed by atoms with van der Waals surface area (Å²) in [7, 11) is 0. The van der Waals surface area contributed by atoms with Gasteiger partial charge < -0.3 is 15.3 Å². The number of piperazine rings is 1. The molecule has 1 saturated heterocycles. The molecule has 1 aliphatic heterocycles. The quantitative estimate of drug-likeness (QED) is 0.693. The van der Waals surface area contributed by atoms with E-state index in [1.807, 2.05) is 0 Å². The second kappa shape index (κ2) is 4.84. The Bertz CT molecular complexity index is 227. The second-order valence-electron chi connectivity index (χ2n) is 4.65. The van der Waals surface area contributed by atoms with Crippen molar-refractivity contribution in [3.63, 3.8) is 0 Å². The summed E-state index contributed by atoms with van der Waals surface area (Å²) in [5.74, 6) is 0.586. The normalized spacial score (nSPS) is 29.1. The summed E-state index contributed by atoms with van der Waals surface area (Å²) in [6.45, 7) is 2.29. The third-order valence-electron chi connectivity index (χ3n) is 3.72. The lowest BCUT2D eigenvalue weighted by Crippen LogP contribution is -2.56. The summed E-state index contributed by atoms with van der Waals surface area (Å²) < 4.78 is 0. The number of nitrogens with one attached hydrogen (secondary N) is 1. The van der Waals surface area contributed by atoms with Gasteiger partial charge >= 0.3 is 6.09 Å². The average molecular weight is 212 g/mol. The zero-order valence-corrected chi connectivity index (χ0v) is 9.11. The minimum Gasteiger partial charge on any atom is -0.465 e. The van der Waals surface area contributed by atoms with Crippen LogP contribution in [0.5, 0.6) is 0 Å². The highest BCUT2D eigenvalue weighted by Gasteiger charge is 2.33. The number of carboxylic acid groups (broad SMARTS) is 1. The van der Waals surface area contributed by atoms with E-state index in [2.05, 4.69) is 5.32 Å². The SMILES string of the molecule is O=C(O)N1CCNCC1C1CCCCC1. The first-order chi connectivity index (χ1) is 7.29. The summed E-state index contributed by atoms with van der Waals surface area (Å²) >= 11 is 0. The predicted octanol–water partition coefficient (Wildman–Crippen LogP) is 1.52. The van der Waals surface area contributed by atoms with Gasteiger partial charge in [-0.15, -0.1) is 0 Å². The average Bonchev–Trinajstić information content (AvgIpc) is 2.30. The van der Waals surface area contributed by atoms with E-state index in [0.717, 1.165) is 13.1 Å². The number of rotatable bonds is 1. The minimum absolute atomic E-state index is 0.219. The van der Waals surface area contributed by atoms with Crippen molar-refractivity contribution in [2.45, 2.75) is 38.1 Å². The molecule has 0 radical (unpaired) electrons. The van der Waals surface area contributed by atoms with Gasteiger partial charge in [-0.25, -0.2) is 4.79 Å². The molecule has 0 spiro atoms. The van der Waals surface area contributed by atoms with Gasteiger partial charge in [0, 0.05) is 19.6 Å². The molecule has 15 heavy (non-hydrogen) atoms. The molecule has 2 fully saturated rings. The lowest BCUT2D eigenvalue weighted by molar-refractivity contribution is 0.0791.